The predicted octanol–water partition coefficient (Wildman–Crippen LogP) is 6.00. The van der Waals surface area contributed by atoms with Crippen LogP contribution in [0.15, 0.2) is 53.7 Å². The predicted molar refractivity (Wildman–Crippen MR) is 115 cm³/mol. The molecule has 4 rings (SSSR count). The summed E-state index contributed by atoms with van der Waals surface area (Å²) in [4.78, 5) is 11.8. The lowest BCUT2D eigenvalue weighted by Gasteiger charge is -2.38. The number of benzene rings is 2. The third-order valence-corrected chi connectivity index (χ3v) is 5.60. The summed E-state index contributed by atoms with van der Waals surface area (Å²) >= 11 is 5.32. The fraction of sp³-hybridized carbons (Fsp3) is 0.364. The number of oxime groups is 1. The zero-order valence-corrected chi connectivity index (χ0v) is 17.7. The van der Waals surface area contributed by atoms with Gasteiger partial charge in [0.1, 0.15) is 0 Å². The first-order chi connectivity index (χ1) is 14.8. The molecular weight excluding hydrogens is 427 g/mol. The Labute approximate surface area is 183 Å². The molecule has 0 saturated heterocycles. The lowest BCUT2D eigenvalue weighted by molar-refractivity contribution is -0.217. The van der Waals surface area contributed by atoms with E-state index in [9.17, 15) is 13.2 Å². The van der Waals surface area contributed by atoms with Gasteiger partial charge >= 0.3 is 6.18 Å². The van der Waals surface area contributed by atoms with Gasteiger partial charge in [-0.3, -0.25) is 0 Å². The molecule has 164 valence electrons. The largest absolute Gasteiger partial charge is 0.416 e. The first-order valence-electron chi connectivity index (χ1n) is 10.1. The normalized spacial score (nSPS) is 17.8. The molecule has 2 aromatic carbocycles. The molecule has 0 bridgehead atoms. The lowest BCUT2D eigenvalue weighted by Crippen LogP contribution is -2.51. The second kappa shape index (κ2) is 8.37. The van der Waals surface area contributed by atoms with Crippen LogP contribution in [0.1, 0.15) is 48.8 Å². The van der Waals surface area contributed by atoms with E-state index in [2.05, 4.69) is 10.5 Å². The van der Waals surface area contributed by atoms with E-state index in [4.69, 9.17) is 21.9 Å². The Hall–Kier alpha value is -2.81. The van der Waals surface area contributed by atoms with Crippen molar-refractivity contribution in [2.24, 2.45) is 5.16 Å². The highest BCUT2D eigenvalue weighted by atomic mass is 32.1. The molecule has 1 spiro atoms. The van der Waals surface area contributed by atoms with Gasteiger partial charge in [0.25, 0.3) is 5.17 Å². The number of anilines is 1. The molecule has 1 aliphatic heterocycles. The summed E-state index contributed by atoms with van der Waals surface area (Å²) in [5.74, 6) is 0.482. The van der Waals surface area contributed by atoms with Gasteiger partial charge in [-0.25, -0.2) is 0 Å². The first-order valence-corrected chi connectivity index (χ1v) is 10.5. The van der Waals surface area contributed by atoms with E-state index in [1.807, 2.05) is 31.2 Å². The maximum absolute atomic E-state index is 13.0. The molecule has 1 heterocycles. The number of nitrogens with zero attached hydrogens (tertiary/aromatic N) is 2. The maximum Gasteiger partial charge on any atom is 0.416 e. The van der Waals surface area contributed by atoms with E-state index in [-0.39, 0.29) is 10.9 Å². The van der Waals surface area contributed by atoms with Crippen molar-refractivity contribution in [3.63, 3.8) is 0 Å². The van der Waals surface area contributed by atoms with Gasteiger partial charge in [0.05, 0.1) is 5.56 Å². The van der Waals surface area contributed by atoms with Crippen LogP contribution in [0, 0.1) is 6.92 Å². The molecule has 9 heteroatoms. The molecule has 1 aliphatic carbocycles. The Morgan fingerprint density at radius 3 is 2.52 bits per heavy atom. The summed E-state index contributed by atoms with van der Waals surface area (Å²) in [5, 5.41) is 8.50. The molecule has 31 heavy (non-hydrogen) atoms. The summed E-state index contributed by atoms with van der Waals surface area (Å²) in [6.45, 7) is 1.99. The molecule has 1 fully saturated rings. The van der Waals surface area contributed by atoms with Crippen molar-refractivity contribution in [3.05, 3.63) is 65.2 Å². The summed E-state index contributed by atoms with van der Waals surface area (Å²) < 4.78 is 39.0. The van der Waals surface area contributed by atoms with Crippen LogP contribution in [0.25, 0.3) is 0 Å². The Kier molecular flexibility index (Phi) is 5.79. The molecular formula is C22H22F3N3O2S. The molecule has 0 amide bonds. The van der Waals surface area contributed by atoms with Crippen LogP contribution in [0.5, 0.6) is 0 Å². The Morgan fingerprint density at radius 2 is 1.84 bits per heavy atom. The molecule has 1 N–H and O–H groups in total. The molecule has 1 saturated carbocycles. The van der Waals surface area contributed by atoms with Crippen LogP contribution in [0.3, 0.4) is 0 Å². The molecule has 0 unspecified atom stereocenters. The number of thiocarbonyl (C=S) groups is 1. The van der Waals surface area contributed by atoms with Crippen LogP contribution < -0.4 is 5.32 Å². The quantitative estimate of drug-likeness (QED) is 0.583. The fourth-order valence-corrected chi connectivity index (χ4v) is 3.98. The molecule has 0 aromatic heterocycles. The highest BCUT2D eigenvalue weighted by molar-refractivity contribution is 7.80. The van der Waals surface area contributed by atoms with Crippen LogP contribution in [-0.2, 0) is 15.9 Å². The van der Waals surface area contributed by atoms with Gasteiger partial charge in [0.2, 0.25) is 11.6 Å². The van der Waals surface area contributed by atoms with Gasteiger partial charge in [-0.1, -0.05) is 47.5 Å². The lowest BCUT2D eigenvalue weighted by atomic mass is 9.91. The number of aryl methyl sites for hydroxylation is 1. The molecule has 2 aromatic rings. The molecule has 2 aliphatic rings. The minimum atomic E-state index is -4.44. The number of halogens is 3. The fourth-order valence-electron chi connectivity index (χ4n) is 3.79. The summed E-state index contributed by atoms with van der Waals surface area (Å²) in [6, 6.07) is 12.6. The van der Waals surface area contributed by atoms with E-state index in [0.717, 1.165) is 42.5 Å². The van der Waals surface area contributed by atoms with Crippen LogP contribution in [0.4, 0.5) is 18.9 Å². The van der Waals surface area contributed by atoms with Gasteiger partial charge in [-0.2, -0.15) is 13.2 Å². The van der Waals surface area contributed by atoms with Gasteiger partial charge < -0.3 is 15.0 Å². The van der Waals surface area contributed by atoms with Crippen molar-refractivity contribution in [2.75, 3.05) is 5.32 Å². The van der Waals surface area contributed by atoms with Crippen molar-refractivity contribution in [1.29, 1.82) is 0 Å². The minimum absolute atomic E-state index is 0.0883. The van der Waals surface area contributed by atoms with Crippen LogP contribution >= 0.6 is 12.2 Å². The number of hydrogen-bond acceptors (Lipinski definition) is 5. The second-order valence-corrected chi connectivity index (χ2v) is 8.13. The minimum Gasteiger partial charge on any atom is -0.362 e. The Morgan fingerprint density at radius 1 is 1.13 bits per heavy atom. The van der Waals surface area contributed by atoms with E-state index < -0.39 is 17.5 Å². The van der Waals surface area contributed by atoms with E-state index in [0.29, 0.717) is 18.7 Å². The third-order valence-electron chi connectivity index (χ3n) is 5.42. The van der Waals surface area contributed by atoms with Gasteiger partial charge in [-0.15, -0.1) is 5.06 Å². The van der Waals surface area contributed by atoms with E-state index >= 15 is 0 Å². The van der Waals surface area contributed by atoms with Crippen molar-refractivity contribution < 1.29 is 22.8 Å². The van der Waals surface area contributed by atoms with Crippen LogP contribution in [0.2, 0.25) is 0 Å². The summed E-state index contributed by atoms with van der Waals surface area (Å²) in [7, 11) is 0. The van der Waals surface area contributed by atoms with E-state index in [1.54, 1.807) is 5.06 Å². The average Bonchev–Trinajstić information content (AvgIpc) is 3.06. The maximum atomic E-state index is 13.0. The van der Waals surface area contributed by atoms with Gasteiger partial charge in [0, 0.05) is 24.1 Å². The number of rotatable bonds is 3. The topological polar surface area (TPSA) is 46.1 Å². The second-order valence-electron chi connectivity index (χ2n) is 7.76. The summed E-state index contributed by atoms with van der Waals surface area (Å²) in [6.07, 6.45) is -0.0447. The molecule has 0 radical (unpaired) electrons. The van der Waals surface area contributed by atoms with Crippen molar-refractivity contribution in [3.8, 4) is 0 Å². The number of hydroxylamine groups is 2. The SMILES string of the molecule is Cc1ccc(C2=NOC3(CCCCC3)N2OC(=S)Nc2cccc(C(F)(F)F)c2)cc1. The highest BCUT2D eigenvalue weighted by Crippen LogP contribution is 2.40. The zero-order valence-electron chi connectivity index (χ0n) is 16.9. The number of hydrogen-bond donors (Lipinski definition) is 1. The van der Waals surface area contributed by atoms with Crippen molar-refractivity contribution >= 4 is 28.9 Å². The van der Waals surface area contributed by atoms with E-state index in [1.165, 1.54) is 12.1 Å². The smallest absolute Gasteiger partial charge is 0.362 e. The first kappa shape index (κ1) is 21.4. The van der Waals surface area contributed by atoms with Gasteiger partial charge in [-0.05, 0) is 50.2 Å². The average molecular weight is 449 g/mol. The van der Waals surface area contributed by atoms with Crippen molar-refractivity contribution in [1.82, 2.24) is 5.06 Å². The Bertz CT molecular complexity index is 986. The van der Waals surface area contributed by atoms with Gasteiger partial charge in [0.15, 0.2) is 0 Å². The zero-order chi connectivity index (χ0) is 22.1. The standard InChI is InChI=1S/C22H22F3N3O2S/c1-15-8-10-16(11-9-15)19-27-30-21(12-3-2-4-13-21)28(19)29-20(31)26-18-7-5-6-17(14-18)22(23,24)25/h5-11,14H,2-4,12-13H2,1H3,(H,26,31). The Balaban J connectivity index is 1.56. The number of nitrogens with one attached hydrogen (secondary N) is 1. The molecule has 5 nitrogen and oxygen atoms in total. The monoisotopic (exact) mass is 449 g/mol. The number of alkyl halides is 3. The third kappa shape index (κ3) is 4.61. The molecule has 0 atom stereocenters. The van der Waals surface area contributed by atoms with Crippen LogP contribution in [-0.4, -0.2) is 21.8 Å². The summed E-state index contributed by atoms with van der Waals surface area (Å²) in [5.41, 5.74) is 0.541. The van der Waals surface area contributed by atoms with Crippen molar-refractivity contribution in [2.45, 2.75) is 50.9 Å². The highest BCUT2D eigenvalue weighted by Gasteiger charge is 2.49. The number of amidine groups is 1.